The molecule has 0 aromatic heterocycles. The lowest BCUT2D eigenvalue weighted by Gasteiger charge is -2.29. The number of para-hydroxylation sites is 2. The normalized spacial score (nSPS) is 13.0. The minimum atomic E-state index is 0.742. The van der Waals surface area contributed by atoms with Crippen molar-refractivity contribution in [1.82, 2.24) is 0 Å². The van der Waals surface area contributed by atoms with Crippen LogP contribution in [0.2, 0.25) is 0 Å². The van der Waals surface area contributed by atoms with E-state index in [-0.39, 0.29) is 0 Å². The maximum Gasteiger partial charge on any atom is 0.151 e. The lowest BCUT2D eigenvalue weighted by molar-refractivity contribution is 0.429. The van der Waals surface area contributed by atoms with Crippen molar-refractivity contribution in [3.63, 3.8) is 0 Å². The number of anilines is 1. The van der Waals surface area contributed by atoms with Crippen LogP contribution >= 0.6 is 0 Å². The molecule has 0 unspecified atom stereocenters. The van der Waals surface area contributed by atoms with Crippen LogP contribution in [0.25, 0.3) is 0 Å². The summed E-state index contributed by atoms with van der Waals surface area (Å²) in [6, 6.07) is 7.89. The number of hydrogen-bond acceptors (Lipinski definition) is 2. The van der Waals surface area contributed by atoms with Gasteiger partial charge in [-0.2, -0.15) is 0 Å². The van der Waals surface area contributed by atoms with Gasteiger partial charge in [-0.1, -0.05) is 39.1 Å². The third kappa shape index (κ3) is 2.41. The highest BCUT2D eigenvalue weighted by Gasteiger charge is 2.19. The molecule has 17 heavy (non-hydrogen) atoms. The number of ether oxygens (including phenoxy) is 1. The van der Waals surface area contributed by atoms with Gasteiger partial charge in [0.1, 0.15) is 0 Å². The molecule has 0 radical (unpaired) electrons. The van der Waals surface area contributed by atoms with E-state index in [1.165, 1.54) is 0 Å². The van der Waals surface area contributed by atoms with Crippen molar-refractivity contribution in [2.75, 3.05) is 11.9 Å². The van der Waals surface area contributed by atoms with E-state index in [1.807, 2.05) is 50.1 Å². The topological polar surface area (TPSA) is 12.5 Å². The summed E-state index contributed by atoms with van der Waals surface area (Å²) in [7, 11) is 1.99. The zero-order chi connectivity index (χ0) is 12.8. The Hall–Kier alpha value is -1.96. The Morgan fingerprint density at radius 2 is 1.76 bits per heavy atom. The van der Waals surface area contributed by atoms with E-state index >= 15 is 0 Å². The Morgan fingerprint density at radius 1 is 1.12 bits per heavy atom. The average Bonchev–Trinajstić information content (AvgIpc) is 2.41. The third-order valence-electron chi connectivity index (χ3n) is 2.44. The number of fused-ring (bicyclic) bond motifs is 1. The van der Waals surface area contributed by atoms with Gasteiger partial charge in [0.2, 0.25) is 0 Å². The highest BCUT2D eigenvalue weighted by atomic mass is 16.5. The molecule has 0 atom stereocenters. The van der Waals surface area contributed by atoms with E-state index in [0.717, 1.165) is 22.9 Å². The molecule has 0 amide bonds. The fourth-order valence-corrected chi connectivity index (χ4v) is 1.67. The lowest BCUT2D eigenvalue weighted by Crippen LogP contribution is -2.22. The Morgan fingerprint density at radius 3 is 2.35 bits per heavy atom. The Bertz CT molecular complexity index is 446. The molecule has 90 valence electrons. The monoisotopic (exact) mass is 229 g/mol. The maximum atomic E-state index is 5.70. The van der Waals surface area contributed by atoms with Crippen molar-refractivity contribution < 1.29 is 4.74 Å². The summed E-state index contributed by atoms with van der Waals surface area (Å²) in [4.78, 5) is 2.04. The predicted molar refractivity (Wildman–Crippen MR) is 74.2 cm³/mol. The van der Waals surface area contributed by atoms with Crippen LogP contribution in [0.15, 0.2) is 61.0 Å². The lowest BCUT2D eigenvalue weighted by atomic mass is 10.2. The second-order valence-electron chi connectivity index (χ2n) is 3.29. The van der Waals surface area contributed by atoms with Gasteiger partial charge in [0.05, 0.1) is 11.4 Å². The molecule has 0 N–H and O–H groups in total. The maximum absolute atomic E-state index is 5.70. The minimum Gasteiger partial charge on any atom is -0.453 e. The van der Waals surface area contributed by atoms with Gasteiger partial charge in [0.25, 0.3) is 0 Å². The Labute approximate surface area is 104 Å². The van der Waals surface area contributed by atoms with Crippen LogP contribution in [0, 0.1) is 0 Å². The first-order chi connectivity index (χ1) is 8.27. The molecule has 2 heteroatoms. The summed E-state index contributed by atoms with van der Waals surface area (Å²) < 4.78 is 5.70. The predicted octanol–water partition coefficient (Wildman–Crippen LogP) is 4.13. The van der Waals surface area contributed by atoms with Crippen molar-refractivity contribution >= 4 is 5.69 Å². The van der Waals surface area contributed by atoms with Gasteiger partial charge in [-0.3, -0.25) is 0 Å². The van der Waals surface area contributed by atoms with E-state index in [9.17, 15) is 0 Å². The average molecular weight is 229 g/mol. The van der Waals surface area contributed by atoms with Crippen LogP contribution in [-0.2, 0) is 0 Å². The van der Waals surface area contributed by atoms with Crippen molar-refractivity contribution in [2.24, 2.45) is 0 Å². The number of rotatable bonds is 2. The molecule has 2 rings (SSSR count). The quantitative estimate of drug-likeness (QED) is 0.756. The van der Waals surface area contributed by atoms with Crippen molar-refractivity contribution in [1.29, 1.82) is 0 Å². The van der Waals surface area contributed by atoms with Crippen LogP contribution < -0.4 is 9.64 Å². The Balaban J connectivity index is 0.000000686. The first kappa shape index (κ1) is 13.1. The fourth-order valence-electron chi connectivity index (χ4n) is 1.67. The van der Waals surface area contributed by atoms with Crippen LogP contribution in [0.4, 0.5) is 5.69 Å². The summed E-state index contributed by atoms with van der Waals surface area (Å²) >= 11 is 0. The molecule has 1 aromatic carbocycles. The van der Waals surface area contributed by atoms with E-state index in [2.05, 4.69) is 13.2 Å². The van der Waals surface area contributed by atoms with Crippen molar-refractivity contribution in [3.8, 4) is 5.75 Å². The number of allylic oxidation sites excluding steroid dienone is 2. The van der Waals surface area contributed by atoms with Gasteiger partial charge in [-0.05, 0) is 24.3 Å². The molecular formula is C15H19NO. The zero-order valence-electron chi connectivity index (χ0n) is 10.7. The molecule has 0 aliphatic carbocycles. The van der Waals surface area contributed by atoms with Gasteiger partial charge in [0, 0.05) is 7.05 Å². The van der Waals surface area contributed by atoms with Crippen molar-refractivity contribution in [2.45, 2.75) is 13.8 Å². The van der Waals surface area contributed by atoms with Crippen LogP contribution in [0.1, 0.15) is 13.8 Å². The summed E-state index contributed by atoms with van der Waals surface area (Å²) in [6.45, 7) is 11.5. The van der Waals surface area contributed by atoms with Gasteiger partial charge < -0.3 is 9.64 Å². The Kier molecular flexibility index (Phi) is 4.58. The number of likely N-dealkylation sites (N-methyl/N-ethyl adjacent to an activating group) is 1. The largest absolute Gasteiger partial charge is 0.453 e. The van der Waals surface area contributed by atoms with Crippen LogP contribution in [0.5, 0.6) is 5.75 Å². The molecule has 0 fully saturated rings. The van der Waals surface area contributed by atoms with Crippen LogP contribution in [-0.4, -0.2) is 7.05 Å². The number of hydrogen-bond donors (Lipinski definition) is 0. The molecule has 0 saturated carbocycles. The molecule has 1 heterocycles. The van der Waals surface area contributed by atoms with E-state index in [4.69, 9.17) is 4.74 Å². The molecular weight excluding hydrogens is 210 g/mol. The van der Waals surface area contributed by atoms with E-state index in [0.29, 0.717) is 0 Å². The molecule has 1 aliphatic heterocycles. The minimum absolute atomic E-state index is 0.742. The summed E-state index contributed by atoms with van der Waals surface area (Å²) in [6.07, 6.45) is 3.47. The smallest absolute Gasteiger partial charge is 0.151 e. The molecule has 2 nitrogen and oxygen atoms in total. The SMILES string of the molecule is C=CC1=C(C=C)N(C)c2ccccc2O1.CC. The second-order valence-corrected chi connectivity index (χ2v) is 3.29. The zero-order valence-corrected chi connectivity index (χ0v) is 10.7. The van der Waals surface area contributed by atoms with E-state index < -0.39 is 0 Å². The second kappa shape index (κ2) is 5.94. The molecule has 0 bridgehead atoms. The molecule has 0 saturated heterocycles. The van der Waals surface area contributed by atoms with Crippen LogP contribution in [0.3, 0.4) is 0 Å². The highest BCUT2D eigenvalue weighted by molar-refractivity contribution is 5.66. The van der Waals surface area contributed by atoms with Gasteiger partial charge >= 0.3 is 0 Å². The van der Waals surface area contributed by atoms with Crippen molar-refractivity contribution in [3.05, 3.63) is 61.0 Å². The number of nitrogens with zero attached hydrogens (tertiary/aromatic N) is 1. The molecule has 1 aromatic rings. The fraction of sp³-hybridized carbons (Fsp3) is 0.200. The summed E-state index contributed by atoms with van der Waals surface area (Å²) in [5, 5.41) is 0. The number of benzene rings is 1. The van der Waals surface area contributed by atoms with Gasteiger partial charge in [-0.25, -0.2) is 0 Å². The van der Waals surface area contributed by atoms with E-state index in [1.54, 1.807) is 12.2 Å². The third-order valence-corrected chi connectivity index (χ3v) is 2.44. The first-order valence-electron chi connectivity index (χ1n) is 5.77. The molecule has 0 spiro atoms. The summed E-state index contributed by atoms with van der Waals surface area (Å²) in [5.74, 6) is 1.59. The molecule has 1 aliphatic rings. The summed E-state index contributed by atoms with van der Waals surface area (Å²) in [5.41, 5.74) is 1.97. The highest BCUT2D eigenvalue weighted by Crippen LogP contribution is 2.36. The van der Waals surface area contributed by atoms with Gasteiger partial charge in [-0.15, -0.1) is 0 Å². The first-order valence-corrected chi connectivity index (χ1v) is 5.77. The standard InChI is InChI=1S/C13H13NO.C2H6/c1-4-10-12(5-2)15-13-9-7-6-8-11(13)14(10)3;1-2/h4-9H,1-2H2,3H3;1-2H3. The van der Waals surface area contributed by atoms with Gasteiger partial charge in [0.15, 0.2) is 11.5 Å².